The van der Waals surface area contributed by atoms with E-state index in [0.717, 1.165) is 33.7 Å². The van der Waals surface area contributed by atoms with Gasteiger partial charge in [0.1, 0.15) is 23.0 Å². The lowest BCUT2D eigenvalue weighted by Gasteiger charge is -2.33. The number of piperazine rings is 1. The molecule has 1 amide bonds. The number of aromatic nitrogens is 2. The molecule has 3 heterocycles. The maximum Gasteiger partial charge on any atom is 0.236 e. The maximum atomic E-state index is 11.6. The number of hydrogen-bond acceptors (Lipinski definition) is 6. The van der Waals surface area contributed by atoms with Crippen molar-refractivity contribution in [3.8, 4) is 11.1 Å². The number of anilines is 1. The van der Waals surface area contributed by atoms with Crippen molar-refractivity contribution in [2.24, 2.45) is 5.73 Å². The fourth-order valence-electron chi connectivity index (χ4n) is 3.07. The van der Waals surface area contributed by atoms with Crippen molar-refractivity contribution in [3.05, 3.63) is 41.0 Å². The van der Waals surface area contributed by atoms with Crippen LogP contribution in [0.15, 0.2) is 36.0 Å². The number of thiophene rings is 1. The Morgan fingerprint density at radius 2 is 2.12 bits per heavy atom. The van der Waals surface area contributed by atoms with Crippen LogP contribution in [0, 0.1) is 0 Å². The molecule has 0 radical (unpaired) electrons. The highest BCUT2D eigenvalue weighted by Gasteiger charge is 2.26. The molecular weight excluding hydrogens is 358 g/mol. The van der Waals surface area contributed by atoms with Crippen LogP contribution < -0.4 is 16.0 Å². The first-order chi connectivity index (χ1) is 12.1. The van der Waals surface area contributed by atoms with E-state index in [9.17, 15) is 4.79 Å². The quantitative estimate of drug-likeness (QED) is 0.735. The summed E-state index contributed by atoms with van der Waals surface area (Å²) in [5.74, 6) is 0.488. The normalized spacial score (nSPS) is 17.8. The number of nitrogens with two attached hydrogens (primary N) is 1. The number of rotatable bonds is 3. The molecule has 1 fully saturated rings. The molecule has 1 atom stereocenters. The number of carbonyl (C=O) groups excluding carboxylic acids is 1. The van der Waals surface area contributed by atoms with E-state index >= 15 is 0 Å². The van der Waals surface area contributed by atoms with Gasteiger partial charge in [0.25, 0.3) is 0 Å². The number of benzene rings is 1. The molecule has 25 heavy (non-hydrogen) atoms. The fraction of sp³-hybridized carbons (Fsp3) is 0.235. The van der Waals surface area contributed by atoms with Gasteiger partial charge in [-0.1, -0.05) is 23.7 Å². The third-order valence-electron chi connectivity index (χ3n) is 4.32. The van der Waals surface area contributed by atoms with E-state index in [4.69, 9.17) is 17.3 Å². The van der Waals surface area contributed by atoms with E-state index in [2.05, 4.69) is 25.6 Å². The molecule has 2 aromatic heterocycles. The summed E-state index contributed by atoms with van der Waals surface area (Å²) in [4.78, 5) is 23.5. The minimum absolute atomic E-state index is 0.349. The van der Waals surface area contributed by atoms with Crippen molar-refractivity contribution in [1.29, 1.82) is 0 Å². The van der Waals surface area contributed by atoms with Crippen LogP contribution in [0.3, 0.4) is 0 Å². The zero-order chi connectivity index (χ0) is 17.4. The highest BCUT2D eigenvalue weighted by Crippen LogP contribution is 2.38. The Bertz CT molecular complexity index is 926. The Hall–Kier alpha value is -2.22. The largest absolute Gasteiger partial charge is 0.368 e. The van der Waals surface area contributed by atoms with E-state index in [-0.39, 0.29) is 11.9 Å². The summed E-state index contributed by atoms with van der Waals surface area (Å²) in [6.07, 6.45) is 1.57. The number of hydrogen-bond donors (Lipinski definition) is 2. The number of fused-ring (bicyclic) bond motifs is 1. The molecule has 3 aromatic rings. The SMILES string of the molecule is NC(=O)C1CN(c2ncnc3scc(-c4ccc(Cl)cc4)c23)CCN1. The van der Waals surface area contributed by atoms with Crippen LogP contribution in [-0.4, -0.2) is 41.6 Å². The zero-order valence-electron chi connectivity index (χ0n) is 13.3. The van der Waals surface area contributed by atoms with Crippen LogP contribution in [0.4, 0.5) is 5.82 Å². The molecule has 1 aliphatic rings. The standard InChI is InChI=1S/C17H16ClN5OS/c18-11-3-1-10(2-4-11)12-8-25-17-14(12)16(21-9-22-17)23-6-5-20-13(7-23)15(19)24/h1-4,8-9,13,20H,5-7H2,(H2,19,24). The van der Waals surface area contributed by atoms with Crippen LogP contribution in [0.5, 0.6) is 0 Å². The van der Waals surface area contributed by atoms with E-state index in [1.54, 1.807) is 17.7 Å². The molecule has 1 saturated heterocycles. The average molecular weight is 374 g/mol. The predicted octanol–water partition coefficient (Wildman–Crippen LogP) is 2.28. The predicted molar refractivity (Wildman–Crippen MR) is 101 cm³/mol. The monoisotopic (exact) mass is 373 g/mol. The Balaban J connectivity index is 1.80. The van der Waals surface area contributed by atoms with Gasteiger partial charge < -0.3 is 16.0 Å². The van der Waals surface area contributed by atoms with Crippen LogP contribution in [0.2, 0.25) is 5.02 Å². The molecule has 4 rings (SSSR count). The van der Waals surface area contributed by atoms with Gasteiger partial charge in [-0.2, -0.15) is 0 Å². The molecule has 6 nitrogen and oxygen atoms in total. The summed E-state index contributed by atoms with van der Waals surface area (Å²) in [7, 11) is 0. The second kappa shape index (κ2) is 6.59. The molecule has 0 bridgehead atoms. The van der Waals surface area contributed by atoms with E-state index in [1.807, 2.05) is 24.3 Å². The van der Waals surface area contributed by atoms with Crippen LogP contribution in [-0.2, 0) is 4.79 Å². The van der Waals surface area contributed by atoms with Gasteiger partial charge in [-0.05, 0) is 17.7 Å². The van der Waals surface area contributed by atoms with Crippen LogP contribution in [0.1, 0.15) is 0 Å². The number of halogens is 1. The van der Waals surface area contributed by atoms with Gasteiger partial charge >= 0.3 is 0 Å². The van der Waals surface area contributed by atoms with Gasteiger partial charge in [0.2, 0.25) is 5.91 Å². The van der Waals surface area contributed by atoms with Gasteiger partial charge in [-0.15, -0.1) is 11.3 Å². The first-order valence-corrected chi connectivity index (χ1v) is 9.15. The molecule has 128 valence electrons. The minimum Gasteiger partial charge on any atom is -0.368 e. The maximum absolute atomic E-state index is 11.6. The Kier molecular flexibility index (Phi) is 4.29. The Morgan fingerprint density at radius 3 is 2.88 bits per heavy atom. The number of carbonyl (C=O) groups is 1. The summed E-state index contributed by atoms with van der Waals surface area (Å²) in [5, 5.41) is 6.92. The highest BCUT2D eigenvalue weighted by molar-refractivity contribution is 7.17. The Morgan fingerprint density at radius 1 is 1.32 bits per heavy atom. The van der Waals surface area contributed by atoms with Crippen molar-refractivity contribution in [2.75, 3.05) is 24.5 Å². The van der Waals surface area contributed by atoms with Crippen LogP contribution in [0.25, 0.3) is 21.3 Å². The molecule has 1 unspecified atom stereocenters. The molecule has 8 heteroatoms. The van der Waals surface area contributed by atoms with Crippen molar-refractivity contribution in [1.82, 2.24) is 15.3 Å². The second-order valence-corrected chi connectivity index (χ2v) is 7.18. The molecule has 1 aliphatic heterocycles. The van der Waals surface area contributed by atoms with Gasteiger partial charge in [0.15, 0.2) is 0 Å². The minimum atomic E-state index is -0.378. The van der Waals surface area contributed by atoms with Gasteiger partial charge in [0, 0.05) is 35.6 Å². The summed E-state index contributed by atoms with van der Waals surface area (Å²) in [5.41, 5.74) is 7.60. The first-order valence-electron chi connectivity index (χ1n) is 7.89. The molecule has 3 N–H and O–H groups in total. The lowest BCUT2D eigenvalue weighted by atomic mass is 10.1. The fourth-order valence-corrected chi connectivity index (χ4v) is 4.11. The van der Waals surface area contributed by atoms with Crippen molar-refractivity contribution >= 4 is 44.9 Å². The smallest absolute Gasteiger partial charge is 0.236 e. The summed E-state index contributed by atoms with van der Waals surface area (Å²) in [6.45, 7) is 1.93. The summed E-state index contributed by atoms with van der Waals surface area (Å²) in [6, 6.07) is 7.35. The highest BCUT2D eigenvalue weighted by atomic mass is 35.5. The number of primary amides is 1. The topological polar surface area (TPSA) is 84.1 Å². The van der Waals surface area contributed by atoms with Crippen molar-refractivity contribution < 1.29 is 4.79 Å². The lowest BCUT2D eigenvalue weighted by molar-refractivity contribution is -0.120. The number of nitrogens with one attached hydrogen (secondary N) is 1. The lowest BCUT2D eigenvalue weighted by Crippen LogP contribution is -2.56. The van der Waals surface area contributed by atoms with E-state index in [0.29, 0.717) is 18.1 Å². The third kappa shape index (κ3) is 3.06. The van der Waals surface area contributed by atoms with Gasteiger partial charge in [0.05, 0.1) is 5.39 Å². The number of amides is 1. The molecule has 1 aromatic carbocycles. The summed E-state index contributed by atoms with van der Waals surface area (Å²) >= 11 is 7.59. The average Bonchev–Trinajstić information content (AvgIpc) is 3.06. The number of nitrogens with zero attached hydrogens (tertiary/aromatic N) is 3. The first kappa shape index (κ1) is 16.3. The van der Waals surface area contributed by atoms with Gasteiger partial charge in [-0.3, -0.25) is 4.79 Å². The van der Waals surface area contributed by atoms with Crippen molar-refractivity contribution in [2.45, 2.75) is 6.04 Å². The van der Waals surface area contributed by atoms with E-state index in [1.165, 1.54) is 0 Å². The van der Waals surface area contributed by atoms with Crippen LogP contribution >= 0.6 is 22.9 Å². The van der Waals surface area contributed by atoms with Gasteiger partial charge in [-0.25, -0.2) is 9.97 Å². The second-order valence-electron chi connectivity index (χ2n) is 5.89. The summed E-state index contributed by atoms with van der Waals surface area (Å²) < 4.78 is 0. The molecule has 0 saturated carbocycles. The molecular formula is C17H16ClN5OS. The Labute approximate surface area is 153 Å². The molecule has 0 aliphatic carbocycles. The third-order valence-corrected chi connectivity index (χ3v) is 5.46. The van der Waals surface area contributed by atoms with Crippen molar-refractivity contribution in [3.63, 3.8) is 0 Å². The molecule has 0 spiro atoms. The zero-order valence-corrected chi connectivity index (χ0v) is 14.8. The van der Waals surface area contributed by atoms with E-state index < -0.39 is 0 Å².